The Morgan fingerprint density at radius 2 is 2.00 bits per heavy atom. The number of ether oxygens (including phenoxy) is 1. The first kappa shape index (κ1) is 22.4. The van der Waals surface area contributed by atoms with E-state index in [4.69, 9.17) is 14.6 Å². The molecule has 2 saturated heterocycles. The van der Waals surface area contributed by atoms with Gasteiger partial charge in [0, 0.05) is 37.5 Å². The van der Waals surface area contributed by atoms with Gasteiger partial charge in [-0.1, -0.05) is 11.3 Å². The van der Waals surface area contributed by atoms with Crippen LogP contribution in [0.25, 0.3) is 0 Å². The van der Waals surface area contributed by atoms with E-state index in [9.17, 15) is 18.0 Å². The van der Waals surface area contributed by atoms with E-state index in [0.717, 1.165) is 23.2 Å². The number of aryl methyl sites for hydroxylation is 1. The zero-order chi connectivity index (χ0) is 21.9. The van der Waals surface area contributed by atoms with Crippen molar-refractivity contribution in [3.05, 3.63) is 21.6 Å². The number of aliphatic carboxylic acids is 1. The van der Waals surface area contributed by atoms with Gasteiger partial charge < -0.3 is 19.6 Å². The molecule has 1 amide bonds. The molecular weight excluding hydrogens is 447 g/mol. The summed E-state index contributed by atoms with van der Waals surface area (Å²) >= 11 is 3.04. The zero-order valence-corrected chi connectivity index (χ0v) is 17.3. The third kappa shape index (κ3) is 5.43. The van der Waals surface area contributed by atoms with Crippen molar-refractivity contribution in [1.82, 2.24) is 20.1 Å². The maximum Gasteiger partial charge on any atom is 0.490 e. The molecule has 0 aromatic carbocycles. The van der Waals surface area contributed by atoms with Crippen LogP contribution in [0.15, 0.2) is 10.9 Å². The number of amides is 1. The van der Waals surface area contributed by atoms with Gasteiger partial charge in [-0.3, -0.25) is 4.79 Å². The highest BCUT2D eigenvalue weighted by Gasteiger charge is 2.39. The van der Waals surface area contributed by atoms with Crippen LogP contribution in [0.3, 0.4) is 0 Å². The van der Waals surface area contributed by atoms with E-state index < -0.39 is 12.1 Å². The lowest BCUT2D eigenvalue weighted by Gasteiger charge is -2.22. The summed E-state index contributed by atoms with van der Waals surface area (Å²) in [5, 5.41) is 19.1. The Hall–Kier alpha value is -2.32. The summed E-state index contributed by atoms with van der Waals surface area (Å²) in [6.07, 6.45) is -4.94. The minimum absolute atomic E-state index is 0.000657. The first-order valence-corrected chi connectivity index (χ1v) is 10.6. The Morgan fingerprint density at radius 3 is 2.57 bits per heavy atom. The number of carboxylic acids is 1. The highest BCUT2D eigenvalue weighted by atomic mass is 32.1. The average Bonchev–Trinajstić information content (AvgIpc) is 3.40. The van der Waals surface area contributed by atoms with Crippen molar-refractivity contribution in [2.45, 2.75) is 19.2 Å². The van der Waals surface area contributed by atoms with Gasteiger partial charge >= 0.3 is 12.1 Å². The Kier molecular flexibility index (Phi) is 6.88. The number of alkyl halides is 3. The number of carbonyl (C=O) groups excluding carboxylic acids is 1. The average molecular weight is 465 g/mol. The first-order chi connectivity index (χ1) is 14.1. The van der Waals surface area contributed by atoms with Crippen LogP contribution in [-0.4, -0.2) is 82.1 Å². The summed E-state index contributed by atoms with van der Waals surface area (Å²) in [7, 11) is 0. The topological polar surface area (TPSA) is 109 Å². The summed E-state index contributed by atoms with van der Waals surface area (Å²) in [6.45, 7) is 5.52. The molecule has 2 aromatic heterocycles. The van der Waals surface area contributed by atoms with E-state index in [1.807, 2.05) is 11.8 Å². The molecule has 0 radical (unpaired) electrons. The molecule has 2 aliphatic rings. The van der Waals surface area contributed by atoms with E-state index in [-0.39, 0.29) is 12.0 Å². The molecule has 4 rings (SSSR count). The largest absolute Gasteiger partial charge is 0.490 e. The van der Waals surface area contributed by atoms with Crippen LogP contribution in [0.5, 0.6) is 0 Å². The molecule has 0 unspecified atom stereocenters. The van der Waals surface area contributed by atoms with Crippen LogP contribution >= 0.6 is 22.7 Å². The molecule has 30 heavy (non-hydrogen) atoms. The number of rotatable bonds is 2. The van der Waals surface area contributed by atoms with Crippen LogP contribution in [0.1, 0.15) is 15.5 Å². The second-order valence-electron chi connectivity index (χ2n) is 6.61. The lowest BCUT2D eigenvalue weighted by atomic mass is 10.1. The quantitative estimate of drug-likeness (QED) is 0.717. The van der Waals surface area contributed by atoms with Gasteiger partial charge in [0.2, 0.25) is 5.13 Å². The van der Waals surface area contributed by atoms with Crippen LogP contribution < -0.4 is 4.90 Å². The molecule has 2 atom stereocenters. The van der Waals surface area contributed by atoms with Crippen molar-refractivity contribution in [2.24, 2.45) is 5.92 Å². The van der Waals surface area contributed by atoms with Crippen molar-refractivity contribution in [1.29, 1.82) is 0 Å². The van der Waals surface area contributed by atoms with E-state index in [1.165, 1.54) is 11.3 Å². The molecule has 4 heterocycles. The van der Waals surface area contributed by atoms with Crippen LogP contribution in [0, 0.1) is 12.8 Å². The summed E-state index contributed by atoms with van der Waals surface area (Å²) in [6, 6.07) is 0. The standard InChI is InChI=1S/C14H17N5O2S2.C2HF3O2/c1-9-16-17-14(23-9)19-5-10-4-18(2-3-21-12(10)6-19)13(20)11-7-22-8-15-11;3-2(4,5)1(6)7/h7-8,10,12H,2-6H2,1H3;(H,6,7)/t10-,12+;/m0./s1. The number of carboxylic acid groups (broad SMARTS) is 1. The predicted octanol–water partition coefficient (Wildman–Crippen LogP) is 1.91. The van der Waals surface area contributed by atoms with Crippen molar-refractivity contribution in [3.8, 4) is 0 Å². The Labute approximate surface area is 177 Å². The van der Waals surface area contributed by atoms with Gasteiger partial charge in [0.05, 0.1) is 18.2 Å². The first-order valence-electron chi connectivity index (χ1n) is 8.79. The lowest BCUT2D eigenvalue weighted by molar-refractivity contribution is -0.192. The SMILES string of the molecule is Cc1nnc(N2C[C@@H]3CN(C(=O)c4cscn4)CCO[C@@H]3C2)s1.O=C(O)C(F)(F)F. The molecule has 2 fully saturated rings. The van der Waals surface area contributed by atoms with Crippen molar-refractivity contribution in [2.75, 3.05) is 37.7 Å². The van der Waals surface area contributed by atoms with Gasteiger partial charge in [-0.15, -0.1) is 21.5 Å². The Balaban J connectivity index is 0.000000318. The maximum absolute atomic E-state index is 12.5. The number of halogens is 3. The van der Waals surface area contributed by atoms with Crippen molar-refractivity contribution in [3.63, 3.8) is 0 Å². The molecule has 164 valence electrons. The maximum atomic E-state index is 12.5. The molecule has 1 N–H and O–H groups in total. The van der Waals surface area contributed by atoms with Gasteiger partial charge in [-0.05, 0) is 6.92 Å². The summed E-state index contributed by atoms with van der Waals surface area (Å²) in [5.74, 6) is -2.46. The normalized spacial score (nSPS) is 21.5. The summed E-state index contributed by atoms with van der Waals surface area (Å²) in [5.41, 5.74) is 2.22. The third-order valence-corrected chi connectivity index (χ3v) is 5.98. The predicted molar refractivity (Wildman–Crippen MR) is 102 cm³/mol. The molecule has 0 aliphatic carbocycles. The van der Waals surface area contributed by atoms with Gasteiger partial charge in [-0.25, -0.2) is 9.78 Å². The van der Waals surface area contributed by atoms with Gasteiger partial charge in [-0.2, -0.15) is 13.2 Å². The Bertz CT molecular complexity index is 877. The molecule has 0 saturated carbocycles. The molecule has 14 heteroatoms. The minimum Gasteiger partial charge on any atom is -0.475 e. The number of carbonyl (C=O) groups is 2. The highest BCUT2D eigenvalue weighted by molar-refractivity contribution is 7.15. The fraction of sp³-hybridized carbons (Fsp3) is 0.562. The smallest absolute Gasteiger partial charge is 0.475 e. The van der Waals surface area contributed by atoms with Crippen LogP contribution in [0.4, 0.5) is 18.3 Å². The van der Waals surface area contributed by atoms with E-state index in [2.05, 4.69) is 20.1 Å². The second-order valence-corrected chi connectivity index (χ2v) is 8.48. The molecular formula is C16H18F3N5O4S2. The van der Waals surface area contributed by atoms with Crippen molar-refractivity contribution < 1.29 is 32.6 Å². The molecule has 0 bridgehead atoms. The summed E-state index contributed by atoms with van der Waals surface area (Å²) < 4.78 is 37.7. The highest BCUT2D eigenvalue weighted by Crippen LogP contribution is 2.30. The number of hydrogen-bond acceptors (Lipinski definition) is 9. The number of thiazole rings is 1. The number of fused-ring (bicyclic) bond motifs is 1. The van der Waals surface area contributed by atoms with Crippen LogP contribution in [-0.2, 0) is 9.53 Å². The fourth-order valence-corrected chi connectivity index (χ4v) is 4.36. The number of nitrogens with zero attached hydrogens (tertiary/aromatic N) is 5. The lowest BCUT2D eigenvalue weighted by Crippen LogP contribution is -2.37. The Morgan fingerprint density at radius 1 is 1.27 bits per heavy atom. The molecule has 2 aliphatic heterocycles. The molecule has 0 spiro atoms. The number of aromatic nitrogens is 3. The van der Waals surface area contributed by atoms with Gasteiger partial charge in [0.1, 0.15) is 10.7 Å². The fourth-order valence-electron chi connectivity index (χ4n) is 3.13. The monoisotopic (exact) mass is 465 g/mol. The zero-order valence-electron chi connectivity index (χ0n) is 15.7. The van der Waals surface area contributed by atoms with Crippen LogP contribution in [0.2, 0.25) is 0 Å². The van der Waals surface area contributed by atoms with E-state index in [1.54, 1.807) is 22.2 Å². The third-order valence-electron chi connectivity index (χ3n) is 4.50. The number of hydrogen-bond donors (Lipinski definition) is 1. The molecule has 2 aromatic rings. The van der Waals surface area contributed by atoms with Gasteiger partial charge in [0.15, 0.2) is 0 Å². The summed E-state index contributed by atoms with van der Waals surface area (Å²) in [4.78, 5) is 29.7. The van der Waals surface area contributed by atoms with Gasteiger partial charge in [0.25, 0.3) is 5.91 Å². The van der Waals surface area contributed by atoms with E-state index in [0.29, 0.717) is 31.3 Å². The second kappa shape index (κ2) is 9.22. The molecule has 9 nitrogen and oxygen atoms in total. The minimum atomic E-state index is -5.08. The number of anilines is 1. The van der Waals surface area contributed by atoms with Crippen molar-refractivity contribution >= 4 is 39.7 Å². The van der Waals surface area contributed by atoms with E-state index >= 15 is 0 Å².